The monoisotopic (exact) mass is 367 g/mol. The number of amides is 1. The van der Waals surface area contributed by atoms with Gasteiger partial charge in [0.1, 0.15) is 24.4 Å². The third-order valence-electron chi connectivity index (χ3n) is 1.56. The van der Waals surface area contributed by atoms with Gasteiger partial charge in [-0.25, -0.2) is 0 Å². The summed E-state index contributed by atoms with van der Waals surface area (Å²) in [5.74, 6) is -8.57. The van der Waals surface area contributed by atoms with E-state index in [0.717, 1.165) is 0 Å². The molecule has 0 aliphatic rings. The van der Waals surface area contributed by atoms with Gasteiger partial charge in [0.25, 0.3) is 0 Å². The number of primary amides is 1. The van der Waals surface area contributed by atoms with Gasteiger partial charge in [-0.15, -0.1) is 0 Å². The van der Waals surface area contributed by atoms with Gasteiger partial charge in [-0.2, -0.15) is 0 Å². The van der Waals surface area contributed by atoms with Crippen LogP contribution in [0.5, 0.6) is 0 Å². The van der Waals surface area contributed by atoms with Crippen molar-refractivity contribution in [3.63, 3.8) is 0 Å². The Bertz CT molecular complexity index is 387. The Labute approximate surface area is 140 Å². The number of aliphatic hydroxyl groups is 4. The number of carbonyl (C=O) groups excluding carboxylic acids is 5. The van der Waals surface area contributed by atoms with Gasteiger partial charge in [0.05, 0.1) is 23.9 Å². The number of carboxylic acid groups (broad SMARTS) is 4. The molecule has 0 saturated carbocycles. The van der Waals surface area contributed by atoms with Crippen LogP contribution in [0.4, 0.5) is 0 Å². The first kappa shape index (κ1) is 30.1. The molecule has 0 fully saturated rings. The van der Waals surface area contributed by atoms with Crippen molar-refractivity contribution in [3.8, 4) is 0 Å². The van der Waals surface area contributed by atoms with Crippen LogP contribution in [-0.4, -0.2) is 74.6 Å². The van der Waals surface area contributed by atoms with Crippen LogP contribution in [0.1, 0.15) is 6.92 Å². The SMILES string of the molecule is CC(N)=O.O=C([O-])C(O)C(O)C(=O)[O-].O=C([O-])C(O)C(O)C(=O)[O-].[C+4]. The first-order valence-corrected chi connectivity index (χ1v) is 5.48. The van der Waals surface area contributed by atoms with Gasteiger partial charge in [0.15, 0.2) is 0 Å². The van der Waals surface area contributed by atoms with Crippen LogP contribution < -0.4 is 26.2 Å². The Balaban J connectivity index is -0.000000141. The number of aliphatic carboxylic acids is 4. The van der Waals surface area contributed by atoms with Crippen LogP contribution in [0, 0.1) is 7.43 Å². The molecule has 0 aliphatic heterocycles. The molecule has 14 heteroatoms. The minimum absolute atomic E-state index is 0. The molecule has 1 amide bonds. The van der Waals surface area contributed by atoms with Crippen molar-refractivity contribution in [3.05, 3.63) is 7.43 Å². The zero-order valence-electron chi connectivity index (χ0n) is 12.3. The van der Waals surface area contributed by atoms with Crippen molar-refractivity contribution < 1.29 is 64.8 Å². The molecule has 0 heterocycles. The van der Waals surface area contributed by atoms with E-state index >= 15 is 0 Å². The largest absolute Gasteiger partial charge is 4.00 e. The maximum Gasteiger partial charge on any atom is 4.00 e. The third-order valence-corrected chi connectivity index (χ3v) is 1.56. The fourth-order valence-corrected chi connectivity index (χ4v) is 0.516. The van der Waals surface area contributed by atoms with E-state index in [0.29, 0.717) is 0 Å². The second kappa shape index (κ2) is 14.8. The first-order chi connectivity index (χ1) is 10.7. The summed E-state index contributed by atoms with van der Waals surface area (Å²) in [5, 5.41) is 71.5. The predicted octanol–water partition coefficient (Wildman–Crippen LogP) is -10.0. The van der Waals surface area contributed by atoms with Gasteiger partial charge in [0.2, 0.25) is 5.91 Å². The summed E-state index contributed by atoms with van der Waals surface area (Å²) in [6.45, 7) is 1.31. The van der Waals surface area contributed by atoms with Crippen molar-refractivity contribution >= 4 is 29.8 Å². The second-order valence-electron chi connectivity index (χ2n) is 3.67. The van der Waals surface area contributed by atoms with Gasteiger partial charge >= 0.3 is 7.43 Å². The molecule has 0 saturated heterocycles. The predicted molar refractivity (Wildman–Crippen MR) is 62.2 cm³/mol. The maximum absolute atomic E-state index is 9.63. The standard InChI is InChI=1S/2C4H6O6.C2H5NO.C/c2*5-1(3(7)8)2(6)4(9)10;1-2(3)4;/h2*1-2,5-6H,(H,7,8)(H,9,10);1H3,(H2,3,4);/q;;;+4/p-4. The Hall–Kier alpha value is -2.81. The average Bonchev–Trinajstić information content (AvgIpc) is 2.43. The average molecular weight is 367 g/mol. The summed E-state index contributed by atoms with van der Waals surface area (Å²) < 4.78 is 0. The van der Waals surface area contributed by atoms with E-state index in [9.17, 15) is 44.4 Å². The minimum Gasteiger partial charge on any atom is -0.547 e. The molecule has 0 rings (SSSR count). The second-order valence-corrected chi connectivity index (χ2v) is 3.67. The van der Waals surface area contributed by atoms with Crippen LogP contribution in [0.2, 0.25) is 0 Å². The summed E-state index contributed by atoms with van der Waals surface area (Å²) in [6, 6.07) is 0. The molecule has 0 radical (unpaired) electrons. The Kier molecular flexibility index (Phi) is 17.8. The van der Waals surface area contributed by atoms with Crippen molar-refractivity contribution in [1.29, 1.82) is 0 Å². The number of carboxylic acids is 4. The van der Waals surface area contributed by atoms with Gasteiger partial charge in [-0.1, -0.05) is 0 Å². The molecule has 25 heavy (non-hydrogen) atoms. The van der Waals surface area contributed by atoms with E-state index in [1.807, 2.05) is 0 Å². The van der Waals surface area contributed by atoms with Gasteiger partial charge in [0, 0.05) is 6.92 Å². The molecule has 0 spiro atoms. The van der Waals surface area contributed by atoms with E-state index in [1.54, 1.807) is 0 Å². The molecule has 0 aromatic rings. The molecule has 0 bridgehead atoms. The summed E-state index contributed by atoms with van der Waals surface area (Å²) >= 11 is 0. The van der Waals surface area contributed by atoms with Crippen LogP contribution in [0.3, 0.4) is 0 Å². The summed E-state index contributed by atoms with van der Waals surface area (Å²) in [4.78, 5) is 47.8. The van der Waals surface area contributed by atoms with E-state index in [1.165, 1.54) is 6.92 Å². The van der Waals surface area contributed by atoms with Crippen LogP contribution in [0.25, 0.3) is 0 Å². The molecule has 0 aromatic heterocycles. The molecule has 14 nitrogen and oxygen atoms in total. The van der Waals surface area contributed by atoms with E-state index < -0.39 is 48.3 Å². The van der Waals surface area contributed by atoms with Crippen LogP contribution in [-0.2, 0) is 24.0 Å². The smallest absolute Gasteiger partial charge is 0.547 e. The van der Waals surface area contributed by atoms with E-state index in [2.05, 4.69) is 5.73 Å². The van der Waals surface area contributed by atoms with Crippen LogP contribution >= 0.6 is 0 Å². The normalized spacial score (nSPS) is 13.6. The number of aliphatic hydroxyl groups excluding tert-OH is 4. The number of rotatable bonds is 6. The van der Waals surface area contributed by atoms with Crippen molar-refractivity contribution in [2.45, 2.75) is 31.3 Å². The van der Waals surface area contributed by atoms with Crippen molar-refractivity contribution in [2.24, 2.45) is 5.73 Å². The van der Waals surface area contributed by atoms with Gasteiger partial charge in [-0.3, -0.25) is 4.79 Å². The molecule has 6 N–H and O–H groups in total. The Morgan fingerprint density at radius 1 is 0.640 bits per heavy atom. The maximum atomic E-state index is 9.63. The topological polar surface area (TPSA) is 285 Å². The van der Waals surface area contributed by atoms with Crippen LogP contribution in [0.15, 0.2) is 0 Å². The summed E-state index contributed by atoms with van der Waals surface area (Å²) in [6.07, 6.45) is -9.76. The zero-order chi connectivity index (χ0) is 20.2. The Morgan fingerprint density at radius 3 is 0.760 bits per heavy atom. The van der Waals surface area contributed by atoms with E-state index in [-0.39, 0.29) is 13.3 Å². The molecule has 4 unspecified atom stereocenters. The Morgan fingerprint density at radius 2 is 0.720 bits per heavy atom. The first-order valence-electron chi connectivity index (χ1n) is 5.48. The zero-order valence-corrected chi connectivity index (χ0v) is 12.3. The number of nitrogens with two attached hydrogens (primary N) is 1. The van der Waals surface area contributed by atoms with Gasteiger partial charge < -0.3 is 65.8 Å². The minimum atomic E-state index is -2.44. The molecule has 0 aliphatic carbocycles. The molecule has 4 atom stereocenters. The van der Waals surface area contributed by atoms with Crippen molar-refractivity contribution in [1.82, 2.24) is 0 Å². The quantitative estimate of drug-likeness (QED) is 0.291. The fraction of sp³-hybridized carbons (Fsp3) is 0.455. The molecular formula is C11H13NO13. The summed E-state index contributed by atoms with van der Waals surface area (Å²) in [7, 11) is 0. The van der Waals surface area contributed by atoms with Crippen molar-refractivity contribution in [2.75, 3.05) is 0 Å². The molecule has 0 aromatic carbocycles. The number of hydrogen-bond acceptors (Lipinski definition) is 13. The fourth-order valence-electron chi connectivity index (χ4n) is 0.516. The number of carbonyl (C=O) groups is 5. The number of hydrogen-bond donors (Lipinski definition) is 5. The molecule has 140 valence electrons. The molecular weight excluding hydrogens is 354 g/mol. The van der Waals surface area contributed by atoms with Gasteiger partial charge in [-0.05, 0) is 0 Å². The summed E-state index contributed by atoms with van der Waals surface area (Å²) in [5.41, 5.74) is 4.47. The van der Waals surface area contributed by atoms with E-state index in [4.69, 9.17) is 20.4 Å². The third kappa shape index (κ3) is 17.4.